The number of aromatic nitrogens is 2. The molecule has 1 N–H and O–H groups in total. The third-order valence-corrected chi connectivity index (χ3v) is 5.92. The Labute approximate surface area is 179 Å². The molecular formula is C24H24N4O3. The minimum atomic E-state index is -0.351. The number of para-hydroxylation sites is 1. The van der Waals surface area contributed by atoms with Gasteiger partial charge in [-0.05, 0) is 43.6 Å². The summed E-state index contributed by atoms with van der Waals surface area (Å²) in [6, 6.07) is 17.8. The van der Waals surface area contributed by atoms with Crippen LogP contribution in [0.15, 0.2) is 70.1 Å². The summed E-state index contributed by atoms with van der Waals surface area (Å²) in [6.07, 6.45) is 3.77. The van der Waals surface area contributed by atoms with Crippen LogP contribution in [0, 0.1) is 0 Å². The number of carbonyl (C=O) groups is 1. The molecule has 4 aromatic rings. The molecule has 5 rings (SSSR count). The molecule has 31 heavy (non-hydrogen) atoms. The lowest BCUT2D eigenvalue weighted by Gasteiger charge is -2.28. The molecule has 1 fully saturated rings. The van der Waals surface area contributed by atoms with Crippen molar-refractivity contribution in [3.8, 4) is 0 Å². The molecule has 158 valence electrons. The lowest BCUT2D eigenvalue weighted by atomic mass is 10.1. The number of rotatable bonds is 6. The molecule has 0 unspecified atom stereocenters. The summed E-state index contributed by atoms with van der Waals surface area (Å²) in [5.74, 6) is -0.223. The van der Waals surface area contributed by atoms with Crippen LogP contribution in [0.4, 0.5) is 0 Å². The molecule has 7 heteroatoms. The standard InChI is InChI=1S/C24H24N4O3/c29-21(25-14-19(27-12-6-7-13-27)17-8-2-1-3-9-17)15-28-16-26-22-18-10-4-5-11-20(18)31-23(22)24(28)30/h1-5,8-11,16,19H,6-7,12-15H2,(H,25,29)/t19-/m0/s1. The van der Waals surface area contributed by atoms with E-state index in [4.69, 9.17) is 4.42 Å². The van der Waals surface area contributed by atoms with Crippen molar-refractivity contribution in [3.63, 3.8) is 0 Å². The van der Waals surface area contributed by atoms with E-state index in [0.717, 1.165) is 18.5 Å². The first kappa shape index (κ1) is 19.5. The smallest absolute Gasteiger partial charge is 0.297 e. The zero-order chi connectivity index (χ0) is 21.2. The van der Waals surface area contributed by atoms with Gasteiger partial charge in [-0.2, -0.15) is 0 Å². The van der Waals surface area contributed by atoms with Crippen LogP contribution in [0.1, 0.15) is 24.4 Å². The predicted octanol–water partition coefficient (Wildman–Crippen LogP) is 3.10. The van der Waals surface area contributed by atoms with Gasteiger partial charge in [-0.15, -0.1) is 0 Å². The van der Waals surface area contributed by atoms with Crippen LogP contribution in [-0.2, 0) is 11.3 Å². The second-order valence-corrected chi connectivity index (χ2v) is 7.93. The summed E-state index contributed by atoms with van der Waals surface area (Å²) in [5, 5.41) is 3.80. The summed E-state index contributed by atoms with van der Waals surface area (Å²) >= 11 is 0. The van der Waals surface area contributed by atoms with Crippen molar-refractivity contribution in [1.29, 1.82) is 0 Å². The molecule has 0 spiro atoms. The molecule has 3 heterocycles. The van der Waals surface area contributed by atoms with E-state index in [1.807, 2.05) is 36.4 Å². The Balaban J connectivity index is 1.32. The van der Waals surface area contributed by atoms with Crippen LogP contribution >= 0.6 is 0 Å². The van der Waals surface area contributed by atoms with E-state index in [1.165, 1.54) is 29.3 Å². The number of furan rings is 1. The van der Waals surface area contributed by atoms with Gasteiger partial charge in [-0.1, -0.05) is 42.5 Å². The van der Waals surface area contributed by atoms with Crippen LogP contribution in [0.2, 0.25) is 0 Å². The van der Waals surface area contributed by atoms with Crippen LogP contribution < -0.4 is 10.9 Å². The minimum absolute atomic E-state index is 0.0969. The Hall–Kier alpha value is -3.45. The topological polar surface area (TPSA) is 80.4 Å². The Morgan fingerprint density at radius 3 is 2.61 bits per heavy atom. The third kappa shape index (κ3) is 3.84. The van der Waals surface area contributed by atoms with Gasteiger partial charge in [0.1, 0.15) is 17.6 Å². The SMILES string of the molecule is O=C(Cn1cnc2c(oc3ccccc32)c1=O)NC[C@@H](c1ccccc1)N1CCCC1. The van der Waals surface area contributed by atoms with Crippen LogP contribution in [0.5, 0.6) is 0 Å². The number of hydrogen-bond donors (Lipinski definition) is 1. The highest BCUT2D eigenvalue weighted by Gasteiger charge is 2.24. The first-order valence-electron chi connectivity index (χ1n) is 10.6. The van der Waals surface area contributed by atoms with E-state index in [2.05, 4.69) is 27.3 Å². The molecule has 0 radical (unpaired) electrons. The average Bonchev–Trinajstić information content (AvgIpc) is 3.45. The monoisotopic (exact) mass is 416 g/mol. The predicted molar refractivity (Wildman–Crippen MR) is 119 cm³/mol. The summed E-state index contributed by atoms with van der Waals surface area (Å²) in [5.41, 5.74) is 2.15. The van der Waals surface area contributed by atoms with Gasteiger partial charge in [0.2, 0.25) is 11.5 Å². The van der Waals surface area contributed by atoms with E-state index in [0.29, 0.717) is 17.6 Å². The molecule has 1 atom stereocenters. The van der Waals surface area contributed by atoms with E-state index < -0.39 is 0 Å². The van der Waals surface area contributed by atoms with Crippen molar-refractivity contribution in [2.24, 2.45) is 0 Å². The molecule has 2 aromatic heterocycles. The Kier molecular flexibility index (Phi) is 5.26. The number of fused-ring (bicyclic) bond motifs is 3. The summed E-state index contributed by atoms with van der Waals surface area (Å²) in [4.78, 5) is 32.3. The molecule has 1 amide bonds. The van der Waals surface area contributed by atoms with Crippen molar-refractivity contribution >= 4 is 28.0 Å². The van der Waals surface area contributed by atoms with Crippen molar-refractivity contribution < 1.29 is 9.21 Å². The zero-order valence-electron chi connectivity index (χ0n) is 17.2. The van der Waals surface area contributed by atoms with Crippen molar-refractivity contribution in [1.82, 2.24) is 19.8 Å². The van der Waals surface area contributed by atoms with Gasteiger partial charge in [0, 0.05) is 11.9 Å². The fraction of sp³-hybridized carbons (Fsp3) is 0.292. The van der Waals surface area contributed by atoms with Crippen LogP contribution in [0.25, 0.3) is 22.1 Å². The maximum absolute atomic E-state index is 12.8. The molecule has 1 aliphatic heterocycles. The summed E-state index contributed by atoms with van der Waals surface area (Å²) in [6.45, 7) is 2.46. The molecule has 1 saturated heterocycles. The fourth-order valence-corrected chi connectivity index (χ4v) is 4.34. The van der Waals surface area contributed by atoms with Gasteiger partial charge in [-0.25, -0.2) is 4.98 Å². The second-order valence-electron chi connectivity index (χ2n) is 7.93. The van der Waals surface area contributed by atoms with Gasteiger partial charge in [0.05, 0.1) is 12.4 Å². The molecule has 0 aliphatic carbocycles. The van der Waals surface area contributed by atoms with Gasteiger partial charge in [-0.3, -0.25) is 19.1 Å². The Bertz CT molecular complexity index is 1270. The summed E-state index contributed by atoms with van der Waals surface area (Å²) < 4.78 is 6.99. The maximum Gasteiger partial charge on any atom is 0.297 e. The van der Waals surface area contributed by atoms with Gasteiger partial charge >= 0.3 is 0 Å². The summed E-state index contributed by atoms with van der Waals surface area (Å²) in [7, 11) is 0. The zero-order valence-corrected chi connectivity index (χ0v) is 17.2. The number of benzene rings is 2. The lowest BCUT2D eigenvalue weighted by Crippen LogP contribution is -2.39. The fourth-order valence-electron chi connectivity index (χ4n) is 4.34. The molecule has 0 saturated carbocycles. The molecule has 2 aromatic carbocycles. The normalized spacial score (nSPS) is 15.5. The van der Waals surface area contributed by atoms with Gasteiger partial charge in [0.25, 0.3) is 5.56 Å². The highest BCUT2D eigenvalue weighted by atomic mass is 16.3. The first-order valence-corrected chi connectivity index (χ1v) is 10.6. The van der Waals surface area contributed by atoms with E-state index in [1.54, 1.807) is 6.07 Å². The number of amides is 1. The molecule has 7 nitrogen and oxygen atoms in total. The number of nitrogens with one attached hydrogen (secondary N) is 1. The quantitative estimate of drug-likeness (QED) is 0.522. The average molecular weight is 416 g/mol. The lowest BCUT2D eigenvalue weighted by molar-refractivity contribution is -0.122. The van der Waals surface area contributed by atoms with E-state index in [9.17, 15) is 9.59 Å². The largest absolute Gasteiger partial charge is 0.448 e. The molecule has 1 aliphatic rings. The van der Waals surface area contributed by atoms with Crippen LogP contribution in [0.3, 0.4) is 0 Å². The van der Waals surface area contributed by atoms with Crippen molar-refractivity contribution in [2.45, 2.75) is 25.4 Å². The Morgan fingerprint density at radius 2 is 1.81 bits per heavy atom. The number of hydrogen-bond acceptors (Lipinski definition) is 5. The third-order valence-electron chi connectivity index (χ3n) is 5.92. The van der Waals surface area contributed by atoms with Crippen LogP contribution in [-0.4, -0.2) is 40.0 Å². The van der Waals surface area contributed by atoms with Crippen molar-refractivity contribution in [3.05, 3.63) is 76.8 Å². The van der Waals surface area contributed by atoms with E-state index >= 15 is 0 Å². The number of carbonyl (C=O) groups excluding carboxylic acids is 1. The van der Waals surface area contributed by atoms with Gasteiger partial charge < -0.3 is 9.73 Å². The van der Waals surface area contributed by atoms with Gasteiger partial charge in [0.15, 0.2) is 0 Å². The minimum Gasteiger partial charge on any atom is -0.448 e. The number of likely N-dealkylation sites (tertiary alicyclic amines) is 1. The number of nitrogens with zero attached hydrogens (tertiary/aromatic N) is 3. The first-order chi connectivity index (χ1) is 15.2. The molecular weight excluding hydrogens is 392 g/mol. The highest BCUT2D eigenvalue weighted by molar-refractivity contribution is 6.01. The Morgan fingerprint density at radius 1 is 1.06 bits per heavy atom. The van der Waals surface area contributed by atoms with Crippen molar-refractivity contribution in [2.75, 3.05) is 19.6 Å². The maximum atomic E-state index is 12.8. The highest BCUT2D eigenvalue weighted by Crippen LogP contribution is 2.25. The van der Waals surface area contributed by atoms with E-state index in [-0.39, 0.29) is 29.6 Å². The molecule has 0 bridgehead atoms. The second kappa shape index (κ2) is 8.35.